The fourth-order valence-corrected chi connectivity index (χ4v) is 2.21. The summed E-state index contributed by atoms with van der Waals surface area (Å²) in [6.45, 7) is 0. The van der Waals surface area contributed by atoms with Crippen LogP contribution in [0.1, 0.15) is 21.7 Å². The number of carbonyl (C=O) groups excluding carboxylic acids is 1. The third kappa shape index (κ3) is 3.20. The van der Waals surface area contributed by atoms with Crippen LogP contribution >= 0.6 is 11.8 Å². The third-order valence-electron chi connectivity index (χ3n) is 2.78. The highest BCUT2D eigenvalue weighted by atomic mass is 32.2. The van der Waals surface area contributed by atoms with Crippen molar-refractivity contribution in [2.45, 2.75) is 11.5 Å². The van der Waals surface area contributed by atoms with E-state index in [4.69, 9.17) is 4.42 Å². The summed E-state index contributed by atoms with van der Waals surface area (Å²) in [6.07, 6.45) is 2.26. The summed E-state index contributed by atoms with van der Waals surface area (Å²) >= 11 is 1.37. The number of thioether (sulfide) groups is 1. The van der Waals surface area contributed by atoms with Gasteiger partial charge in [0.2, 0.25) is 0 Å². The molecule has 4 nitrogen and oxygen atoms in total. The molecule has 2 aromatic rings. The van der Waals surface area contributed by atoms with Gasteiger partial charge in [0, 0.05) is 19.0 Å². The van der Waals surface area contributed by atoms with E-state index < -0.39 is 5.91 Å². The van der Waals surface area contributed by atoms with E-state index in [1.54, 1.807) is 18.2 Å². The van der Waals surface area contributed by atoms with Crippen molar-refractivity contribution < 1.29 is 18.8 Å². The molecule has 1 aromatic carbocycles. The molecule has 0 aliphatic carbocycles. The van der Waals surface area contributed by atoms with E-state index in [0.29, 0.717) is 22.1 Å². The first-order chi connectivity index (χ1) is 9.51. The number of benzene rings is 1. The number of hydroxylamine groups is 2. The molecule has 6 heteroatoms. The summed E-state index contributed by atoms with van der Waals surface area (Å²) in [5, 5.41) is 10.3. The second-order valence-electron chi connectivity index (χ2n) is 4.26. The number of carbonyl (C=O) groups is 1. The van der Waals surface area contributed by atoms with Crippen LogP contribution in [0.4, 0.5) is 4.39 Å². The summed E-state index contributed by atoms with van der Waals surface area (Å²) in [7, 11) is 1.24. The molecule has 1 aromatic heterocycles. The van der Waals surface area contributed by atoms with Crippen molar-refractivity contribution in [2.75, 3.05) is 13.3 Å². The monoisotopic (exact) mass is 295 g/mol. The van der Waals surface area contributed by atoms with E-state index in [1.165, 1.54) is 30.9 Å². The van der Waals surface area contributed by atoms with Gasteiger partial charge in [0.05, 0.1) is 0 Å². The van der Waals surface area contributed by atoms with Crippen molar-refractivity contribution in [3.63, 3.8) is 0 Å². The lowest BCUT2D eigenvalue weighted by atomic mass is 10.1. The zero-order chi connectivity index (χ0) is 14.7. The van der Waals surface area contributed by atoms with E-state index in [-0.39, 0.29) is 11.6 Å². The Labute approximate surface area is 120 Å². The highest BCUT2D eigenvalue weighted by Gasteiger charge is 2.21. The van der Waals surface area contributed by atoms with Crippen LogP contribution in [-0.2, 0) is 6.42 Å². The first-order valence-corrected chi connectivity index (χ1v) is 7.12. The first-order valence-electron chi connectivity index (χ1n) is 5.89. The summed E-state index contributed by atoms with van der Waals surface area (Å²) < 4.78 is 18.3. The Morgan fingerprint density at radius 2 is 2.05 bits per heavy atom. The normalized spacial score (nSPS) is 10.6. The predicted octanol–water partition coefficient (Wildman–Crippen LogP) is 3.19. The van der Waals surface area contributed by atoms with Gasteiger partial charge in [0.25, 0.3) is 0 Å². The van der Waals surface area contributed by atoms with E-state index in [0.717, 1.165) is 5.56 Å². The van der Waals surface area contributed by atoms with Crippen LogP contribution in [0.5, 0.6) is 0 Å². The van der Waals surface area contributed by atoms with Crippen molar-refractivity contribution in [1.82, 2.24) is 5.06 Å². The number of rotatable bonds is 4. The maximum absolute atomic E-state index is 12.9. The minimum absolute atomic E-state index is 0.101. The molecule has 1 amide bonds. The Bertz CT molecular complexity index is 607. The number of amides is 1. The number of hydrogen-bond donors (Lipinski definition) is 1. The summed E-state index contributed by atoms with van der Waals surface area (Å²) in [5.41, 5.74) is 1.52. The van der Waals surface area contributed by atoms with Crippen molar-refractivity contribution in [3.8, 4) is 0 Å². The molecule has 0 aliphatic rings. The van der Waals surface area contributed by atoms with Gasteiger partial charge >= 0.3 is 5.91 Å². The van der Waals surface area contributed by atoms with Crippen molar-refractivity contribution >= 4 is 17.7 Å². The van der Waals surface area contributed by atoms with Gasteiger partial charge in [0.1, 0.15) is 5.82 Å². The minimum atomic E-state index is -0.609. The summed E-state index contributed by atoms with van der Waals surface area (Å²) in [6, 6.07) is 7.79. The average Bonchev–Trinajstić information content (AvgIpc) is 2.83. The van der Waals surface area contributed by atoms with Crippen LogP contribution in [0.3, 0.4) is 0 Å². The molecule has 20 heavy (non-hydrogen) atoms. The van der Waals surface area contributed by atoms with Crippen LogP contribution < -0.4 is 0 Å². The Hall–Kier alpha value is -1.79. The number of furan rings is 1. The van der Waals surface area contributed by atoms with Gasteiger partial charge < -0.3 is 4.42 Å². The maximum atomic E-state index is 12.9. The standard InChI is InChI=1S/C14H14FNO3S/c1-16(18)14(17)13-10(8-12(19-13)20-2)7-9-3-5-11(15)6-4-9/h3-6,8,18H,7H2,1-2H3. The van der Waals surface area contributed by atoms with Gasteiger partial charge in [-0.15, -0.1) is 0 Å². The molecule has 2 rings (SSSR count). The zero-order valence-corrected chi connectivity index (χ0v) is 11.9. The molecule has 0 aliphatic heterocycles. The average molecular weight is 295 g/mol. The number of halogens is 1. The topological polar surface area (TPSA) is 53.7 Å². The smallest absolute Gasteiger partial charge is 0.312 e. The van der Waals surface area contributed by atoms with Crippen LogP contribution in [0.25, 0.3) is 0 Å². The van der Waals surface area contributed by atoms with E-state index >= 15 is 0 Å². The molecule has 0 spiro atoms. The van der Waals surface area contributed by atoms with Gasteiger partial charge in [-0.3, -0.25) is 10.0 Å². The Balaban J connectivity index is 2.32. The van der Waals surface area contributed by atoms with Crippen molar-refractivity contribution in [1.29, 1.82) is 0 Å². The Morgan fingerprint density at radius 1 is 1.40 bits per heavy atom. The Kier molecular flexibility index (Phi) is 4.46. The highest BCUT2D eigenvalue weighted by molar-refractivity contribution is 7.98. The lowest BCUT2D eigenvalue weighted by molar-refractivity contribution is -0.0400. The second kappa shape index (κ2) is 6.11. The molecule has 0 bridgehead atoms. The van der Waals surface area contributed by atoms with Crippen molar-refractivity contribution in [2.24, 2.45) is 0 Å². The molecule has 0 fully saturated rings. The van der Waals surface area contributed by atoms with Gasteiger partial charge in [-0.2, -0.15) is 0 Å². The van der Waals surface area contributed by atoms with Crippen LogP contribution in [0.15, 0.2) is 39.8 Å². The van der Waals surface area contributed by atoms with Crippen LogP contribution in [-0.4, -0.2) is 29.5 Å². The molecular formula is C14H14FNO3S. The van der Waals surface area contributed by atoms with Gasteiger partial charge in [-0.25, -0.2) is 9.45 Å². The fourth-order valence-electron chi connectivity index (χ4n) is 1.79. The third-order valence-corrected chi connectivity index (χ3v) is 3.39. The zero-order valence-electron chi connectivity index (χ0n) is 11.1. The number of hydrogen-bond acceptors (Lipinski definition) is 4. The molecular weight excluding hydrogens is 281 g/mol. The number of nitrogens with zero attached hydrogens (tertiary/aromatic N) is 1. The van der Waals surface area contributed by atoms with Gasteiger partial charge in [0.15, 0.2) is 10.9 Å². The molecule has 0 atom stereocenters. The molecule has 1 heterocycles. The second-order valence-corrected chi connectivity index (χ2v) is 5.07. The van der Waals surface area contributed by atoms with E-state index in [1.807, 2.05) is 6.26 Å². The highest BCUT2D eigenvalue weighted by Crippen LogP contribution is 2.26. The molecule has 0 unspecified atom stereocenters. The van der Waals surface area contributed by atoms with Gasteiger partial charge in [-0.1, -0.05) is 23.9 Å². The Morgan fingerprint density at radius 3 is 2.60 bits per heavy atom. The fraction of sp³-hybridized carbons (Fsp3) is 0.214. The lowest BCUT2D eigenvalue weighted by Crippen LogP contribution is -2.23. The van der Waals surface area contributed by atoms with E-state index in [9.17, 15) is 14.4 Å². The van der Waals surface area contributed by atoms with Crippen LogP contribution in [0, 0.1) is 5.82 Å². The van der Waals surface area contributed by atoms with Gasteiger partial charge in [-0.05, 0) is 30.0 Å². The molecule has 0 radical (unpaired) electrons. The molecule has 0 saturated heterocycles. The minimum Gasteiger partial charge on any atom is -0.444 e. The molecule has 106 valence electrons. The largest absolute Gasteiger partial charge is 0.444 e. The maximum Gasteiger partial charge on any atom is 0.312 e. The predicted molar refractivity (Wildman–Crippen MR) is 73.6 cm³/mol. The molecule has 0 saturated carbocycles. The van der Waals surface area contributed by atoms with Crippen molar-refractivity contribution in [3.05, 3.63) is 53.0 Å². The quantitative estimate of drug-likeness (QED) is 0.534. The van der Waals surface area contributed by atoms with Crippen LogP contribution in [0.2, 0.25) is 0 Å². The van der Waals surface area contributed by atoms with E-state index in [2.05, 4.69) is 0 Å². The first kappa shape index (κ1) is 14.6. The SMILES string of the molecule is CSc1cc(Cc2ccc(F)cc2)c(C(=O)N(C)O)o1. The lowest BCUT2D eigenvalue weighted by Gasteiger charge is -2.07. The summed E-state index contributed by atoms with van der Waals surface area (Å²) in [4.78, 5) is 11.9. The molecule has 1 N–H and O–H groups in total. The summed E-state index contributed by atoms with van der Waals surface area (Å²) in [5.74, 6) is -0.816.